The quantitative estimate of drug-likeness (QED) is 0.0620. The van der Waals surface area contributed by atoms with E-state index in [0.29, 0.717) is 16.5 Å². The van der Waals surface area contributed by atoms with Gasteiger partial charge in [-0.05, 0) is 37.3 Å². The van der Waals surface area contributed by atoms with Crippen LogP contribution in [0.1, 0.15) is 181 Å². The van der Waals surface area contributed by atoms with Crippen molar-refractivity contribution in [2.75, 3.05) is 13.2 Å². The monoisotopic (exact) mass is 644 g/mol. The van der Waals surface area contributed by atoms with Crippen LogP contribution in [0.15, 0.2) is 0 Å². The summed E-state index contributed by atoms with van der Waals surface area (Å²) >= 11 is 10.9. The number of aliphatic hydroxyl groups excluding tert-OH is 2. The second-order valence-electron chi connectivity index (χ2n) is 12.8. The molecule has 254 valence electrons. The number of hydrogen-bond donors (Lipinski definition) is 2. The fourth-order valence-electron chi connectivity index (χ4n) is 5.83. The first-order chi connectivity index (χ1) is 21.0. The number of aliphatic hydroxyl groups is 2. The standard InChI is InChI=1S/C36H68O5S2/c1-3-5-7-9-11-13-15-17-19-21-23-25-27-33(42)40-30-32-35(38)36(31(37)29-39-32)41-34(43)28-26-24-22-20-18-16-14-12-10-8-6-4-2/h31-32,35-38H,3-30H2,1-2H3/t31-,32+,35+,36+/m0/s1. The summed E-state index contributed by atoms with van der Waals surface area (Å²) in [6.45, 7) is 4.78. The lowest BCUT2D eigenvalue weighted by Gasteiger charge is -2.37. The number of rotatable bonds is 29. The molecule has 1 heterocycles. The predicted molar refractivity (Wildman–Crippen MR) is 189 cm³/mol. The smallest absolute Gasteiger partial charge is 0.160 e. The molecule has 0 spiro atoms. The van der Waals surface area contributed by atoms with E-state index in [1.165, 1.54) is 135 Å². The summed E-state index contributed by atoms with van der Waals surface area (Å²) < 4.78 is 17.3. The Balaban J connectivity index is 2.07. The summed E-state index contributed by atoms with van der Waals surface area (Å²) in [5.41, 5.74) is 0. The Hall–Kier alpha value is -0.340. The molecular weight excluding hydrogens is 577 g/mol. The highest BCUT2D eigenvalue weighted by molar-refractivity contribution is 7.80. The zero-order chi connectivity index (χ0) is 31.4. The van der Waals surface area contributed by atoms with E-state index in [2.05, 4.69) is 13.8 Å². The fraction of sp³-hybridized carbons (Fsp3) is 0.944. The Bertz CT molecular complexity index is 662. The third kappa shape index (κ3) is 22.8. The normalized spacial score (nSPS) is 20.3. The van der Waals surface area contributed by atoms with Crippen LogP contribution in [0.5, 0.6) is 0 Å². The van der Waals surface area contributed by atoms with Gasteiger partial charge >= 0.3 is 0 Å². The summed E-state index contributed by atoms with van der Waals surface area (Å²) in [4.78, 5) is 0. The van der Waals surface area contributed by atoms with Crippen LogP contribution in [0.3, 0.4) is 0 Å². The van der Waals surface area contributed by atoms with Crippen LogP contribution in [0, 0.1) is 0 Å². The summed E-state index contributed by atoms with van der Waals surface area (Å²) in [5, 5.41) is 22.2. The van der Waals surface area contributed by atoms with E-state index in [1.54, 1.807) is 0 Å². The van der Waals surface area contributed by atoms with Crippen molar-refractivity contribution in [3.8, 4) is 0 Å². The Kier molecular flexibility index (Phi) is 27.5. The van der Waals surface area contributed by atoms with E-state index in [9.17, 15) is 10.2 Å². The van der Waals surface area contributed by atoms with E-state index in [4.69, 9.17) is 38.6 Å². The first kappa shape index (κ1) is 40.7. The molecule has 0 aliphatic carbocycles. The molecule has 0 aromatic rings. The predicted octanol–water partition coefficient (Wildman–Crippen LogP) is 10.3. The van der Waals surface area contributed by atoms with Gasteiger partial charge in [-0.25, -0.2) is 0 Å². The van der Waals surface area contributed by atoms with Gasteiger partial charge in [-0.3, -0.25) is 0 Å². The minimum Gasteiger partial charge on any atom is -0.484 e. The SMILES string of the molecule is CCCCCCCCCCCCCCC(=S)OC[C@H]1OC[C@H](O)[C@@H](OC(=S)CCCCCCCCCCCCCC)[C@@H]1O. The van der Waals surface area contributed by atoms with Crippen LogP contribution >= 0.6 is 24.4 Å². The van der Waals surface area contributed by atoms with E-state index in [-0.39, 0.29) is 13.2 Å². The molecule has 0 saturated carbocycles. The molecule has 0 unspecified atom stereocenters. The molecule has 1 saturated heterocycles. The highest BCUT2D eigenvalue weighted by Crippen LogP contribution is 2.21. The molecule has 43 heavy (non-hydrogen) atoms. The van der Waals surface area contributed by atoms with Gasteiger partial charge < -0.3 is 24.4 Å². The molecule has 1 fully saturated rings. The van der Waals surface area contributed by atoms with Crippen molar-refractivity contribution in [3.05, 3.63) is 0 Å². The van der Waals surface area contributed by atoms with E-state index in [1.807, 2.05) is 0 Å². The van der Waals surface area contributed by atoms with Crippen molar-refractivity contribution >= 4 is 34.5 Å². The largest absolute Gasteiger partial charge is 0.484 e. The fourth-order valence-corrected chi connectivity index (χ4v) is 6.30. The maximum atomic E-state index is 10.8. The Morgan fingerprint density at radius 3 is 1.37 bits per heavy atom. The van der Waals surface area contributed by atoms with Gasteiger partial charge in [0.15, 0.2) is 16.2 Å². The van der Waals surface area contributed by atoms with Crippen LogP contribution in [0.2, 0.25) is 0 Å². The molecule has 7 heteroatoms. The zero-order valence-corrected chi connectivity index (χ0v) is 29.7. The average Bonchev–Trinajstić information content (AvgIpc) is 3.00. The summed E-state index contributed by atoms with van der Waals surface area (Å²) in [5.74, 6) is 0. The molecule has 0 aromatic carbocycles. The zero-order valence-electron chi connectivity index (χ0n) is 28.0. The van der Waals surface area contributed by atoms with Gasteiger partial charge in [-0.1, -0.05) is 155 Å². The lowest BCUT2D eigenvalue weighted by molar-refractivity contribution is -0.189. The Morgan fingerprint density at radius 1 is 0.581 bits per heavy atom. The van der Waals surface area contributed by atoms with E-state index >= 15 is 0 Å². The molecule has 5 nitrogen and oxygen atoms in total. The molecule has 1 aliphatic heterocycles. The van der Waals surface area contributed by atoms with E-state index < -0.39 is 24.4 Å². The van der Waals surface area contributed by atoms with Crippen LogP contribution in [-0.4, -0.2) is 57.9 Å². The van der Waals surface area contributed by atoms with Crippen molar-refractivity contribution < 1.29 is 24.4 Å². The van der Waals surface area contributed by atoms with Crippen LogP contribution in [-0.2, 0) is 14.2 Å². The van der Waals surface area contributed by atoms with Crippen molar-refractivity contribution in [2.24, 2.45) is 0 Å². The van der Waals surface area contributed by atoms with Crippen molar-refractivity contribution in [1.82, 2.24) is 0 Å². The number of unbranched alkanes of at least 4 members (excludes halogenated alkanes) is 22. The van der Waals surface area contributed by atoms with E-state index in [0.717, 1.165) is 25.7 Å². The minimum absolute atomic E-state index is 0.0858. The molecule has 2 N–H and O–H groups in total. The van der Waals surface area contributed by atoms with Crippen molar-refractivity contribution in [3.63, 3.8) is 0 Å². The number of thiocarbonyl (C=S) groups is 2. The Morgan fingerprint density at radius 2 is 0.953 bits per heavy atom. The molecular formula is C36H68O5S2. The molecule has 1 rings (SSSR count). The number of hydrogen-bond acceptors (Lipinski definition) is 7. The van der Waals surface area contributed by atoms with Crippen LogP contribution in [0.4, 0.5) is 0 Å². The second-order valence-corrected chi connectivity index (χ2v) is 13.8. The van der Waals surface area contributed by atoms with Gasteiger partial charge in [0.2, 0.25) is 0 Å². The lowest BCUT2D eigenvalue weighted by atomic mass is 10.00. The summed E-state index contributed by atoms with van der Waals surface area (Å²) in [7, 11) is 0. The first-order valence-electron chi connectivity index (χ1n) is 18.3. The number of ether oxygens (including phenoxy) is 3. The molecule has 4 atom stereocenters. The maximum Gasteiger partial charge on any atom is 0.160 e. The molecule has 1 aliphatic rings. The third-order valence-electron chi connectivity index (χ3n) is 8.72. The summed E-state index contributed by atoms with van der Waals surface area (Å²) in [6.07, 6.45) is 29.3. The van der Waals surface area contributed by atoms with Gasteiger partial charge in [0.25, 0.3) is 0 Å². The highest BCUT2D eigenvalue weighted by Gasteiger charge is 2.41. The van der Waals surface area contributed by atoms with Crippen molar-refractivity contribution in [1.29, 1.82) is 0 Å². The topological polar surface area (TPSA) is 68.2 Å². The average molecular weight is 645 g/mol. The molecule has 0 bridgehead atoms. The van der Waals surface area contributed by atoms with Gasteiger partial charge in [-0.15, -0.1) is 0 Å². The highest BCUT2D eigenvalue weighted by atomic mass is 32.1. The maximum absolute atomic E-state index is 10.8. The van der Waals surface area contributed by atoms with Gasteiger partial charge in [-0.2, -0.15) is 0 Å². The van der Waals surface area contributed by atoms with Gasteiger partial charge in [0.05, 0.1) is 6.61 Å². The molecule has 0 radical (unpaired) electrons. The Labute approximate surface area is 276 Å². The third-order valence-corrected chi connectivity index (χ3v) is 9.35. The first-order valence-corrected chi connectivity index (χ1v) is 19.1. The summed E-state index contributed by atoms with van der Waals surface area (Å²) in [6, 6.07) is 0. The van der Waals surface area contributed by atoms with Gasteiger partial charge in [0.1, 0.15) is 24.9 Å². The van der Waals surface area contributed by atoms with Crippen LogP contribution < -0.4 is 0 Å². The second kappa shape index (κ2) is 29.1. The van der Waals surface area contributed by atoms with Crippen molar-refractivity contribution in [2.45, 2.75) is 205 Å². The van der Waals surface area contributed by atoms with Gasteiger partial charge in [0, 0.05) is 12.8 Å². The molecule has 0 aromatic heterocycles. The minimum atomic E-state index is -1.02. The van der Waals surface area contributed by atoms with Crippen LogP contribution in [0.25, 0.3) is 0 Å². The lowest BCUT2D eigenvalue weighted by Crippen LogP contribution is -2.56. The molecule has 0 amide bonds.